The van der Waals surface area contributed by atoms with Crippen LogP contribution in [-0.2, 0) is 13.0 Å². The summed E-state index contributed by atoms with van der Waals surface area (Å²) >= 11 is 12.1. The van der Waals surface area contributed by atoms with Crippen LogP contribution < -0.4 is 5.73 Å². The van der Waals surface area contributed by atoms with Gasteiger partial charge in [-0.05, 0) is 24.6 Å². The number of aromatic nitrogens is 2. The first-order chi connectivity index (χ1) is 9.06. The number of rotatable bonds is 4. The number of nitrogens with zero attached hydrogens (tertiary/aromatic N) is 2. The number of nitrogen functional groups attached to an aromatic ring is 1. The first kappa shape index (κ1) is 14.2. The highest BCUT2D eigenvalue weighted by molar-refractivity contribution is 6.35. The molecule has 0 bridgehead atoms. The van der Waals surface area contributed by atoms with E-state index in [1.165, 1.54) is 0 Å². The molecule has 0 aliphatic heterocycles. The van der Waals surface area contributed by atoms with Crippen LogP contribution in [0.2, 0.25) is 10.0 Å². The first-order valence-corrected chi connectivity index (χ1v) is 7.13. The summed E-state index contributed by atoms with van der Waals surface area (Å²) in [4.78, 5) is 4.62. The van der Waals surface area contributed by atoms with Gasteiger partial charge in [-0.3, -0.25) is 0 Å². The van der Waals surface area contributed by atoms with E-state index in [2.05, 4.69) is 23.4 Å². The minimum Gasteiger partial charge on any atom is -0.383 e. The highest BCUT2D eigenvalue weighted by Crippen LogP contribution is 2.31. The number of hydrogen-bond donors (Lipinski definition) is 1. The summed E-state index contributed by atoms with van der Waals surface area (Å²) in [6.07, 6.45) is 1.86. The maximum atomic E-state index is 6.21. The predicted octanol–water partition coefficient (Wildman–Crippen LogP) is 4.41. The van der Waals surface area contributed by atoms with Crippen LogP contribution in [0.3, 0.4) is 0 Å². The van der Waals surface area contributed by atoms with Crippen molar-refractivity contribution in [3.63, 3.8) is 0 Å². The number of halogens is 2. The average molecular weight is 298 g/mol. The normalized spacial score (nSPS) is 10.9. The Labute approximate surface area is 123 Å². The number of imidazole rings is 1. The van der Waals surface area contributed by atoms with Crippen LogP contribution in [-0.4, -0.2) is 9.55 Å². The van der Waals surface area contributed by atoms with Gasteiger partial charge in [-0.1, -0.05) is 37.0 Å². The Bertz CT molecular complexity index is 570. The highest BCUT2D eigenvalue weighted by atomic mass is 35.5. The minimum atomic E-state index is 0.588. The molecule has 1 aromatic heterocycles. The molecule has 1 heterocycles. The van der Waals surface area contributed by atoms with Crippen molar-refractivity contribution in [2.45, 2.75) is 33.2 Å². The molecule has 0 spiro atoms. The van der Waals surface area contributed by atoms with Crippen molar-refractivity contribution in [3.8, 4) is 11.3 Å². The summed E-state index contributed by atoms with van der Waals surface area (Å²) in [5.74, 6) is 1.67. The van der Waals surface area contributed by atoms with E-state index < -0.39 is 0 Å². The summed E-state index contributed by atoms with van der Waals surface area (Å²) in [5.41, 5.74) is 7.83. The van der Waals surface area contributed by atoms with E-state index in [1.807, 2.05) is 12.1 Å². The van der Waals surface area contributed by atoms with Crippen LogP contribution in [0, 0.1) is 0 Å². The molecule has 19 heavy (non-hydrogen) atoms. The fraction of sp³-hybridized carbons (Fsp3) is 0.357. The van der Waals surface area contributed by atoms with E-state index in [1.54, 1.807) is 6.07 Å². The third-order valence-corrected chi connectivity index (χ3v) is 3.42. The van der Waals surface area contributed by atoms with Crippen molar-refractivity contribution < 1.29 is 0 Å². The van der Waals surface area contributed by atoms with Crippen molar-refractivity contribution >= 4 is 29.0 Å². The van der Waals surface area contributed by atoms with Gasteiger partial charge < -0.3 is 10.3 Å². The third kappa shape index (κ3) is 2.88. The van der Waals surface area contributed by atoms with Gasteiger partial charge in [0.15, 0.2) is 0 Å². The first-order valence-electron chi connectivity index (χ1n) is 6.38. The maximum Gasteiger partial charge on any atom is 0.131 e. The van der Waals surface area contributed by atoms with Gasteiger partial charge in [0, 0.05) is 28.6 Å². The van der Waals surface area contributed by atoms with Gasteiger partial charge >= 0.3 is 0 Å². The Morgan fingerprint density at radius 1 is 1.16 bits per heavy atom. The molecule has 3 nitrogen and oxygen atoms in total. The minimum absolute atomic E-state index is 0.588. The van der Waals surface area contributed by atoms with Gasteiger partial charge in [0.25, 0.3) is 0 Å². The van der Waals surface area contributed by atoms with Crippen molar-refractivity contribution in [1.29, 1.82) is 0 Å². The molecular weight excluding hydrogens is 281 g/mol. The Kier molecular flexibility index (Phi) is 4.38. The van der Waals surface area contributed by atoms with Crippen molar-refractivity contribution in [2.75, 3.05) is 5.73 Å². The highest BCUT2D eigenvalue weighted by Gasteiger charge is 2.15. The van der Waals surface area contributed by atoms with Crippen molar-refractivity contribution in [2.24, 2.45) is 0 Å². The number of hydrogen-bond acceptors (Lipinski definition) is 2. The summed E-state index contributed by atoms with van der Waals surface area (Å²) in [5, 5.41) is 1.18. The molecule has 0 atom stereocenters. The number of aryl methyl sites for hydroxylation is 1. The summed E-state index contributed by atoms with van der Waals surface area (Å²) in [6, 6.07) is 5.37. The molecule has 0 amide bonds. The van der Waals surface area contributed by atoms with E-state index in [0.29, 0.717) is 15.9 Å². The zero-order chi connectivity index (χ0) is 14.0. The van der Waals surface area contributed by atoms with Crippen LogP contribution in [0.15, 0.2) is 18.2 Å². The summed E-state index contributed by atoms with van der Waals surface area (Å²) in [7, 11) is 0. The standard InChI is InChI=1S/C14H17Cl2N3/c1-3-5-19-12(4-2)18-13(14(19)17)9-6-10(15)8-11(16)7-9/h6-8H,3-5,17H2,1-2H3. The molecule has 0 saturated carbocycles. The molecule has 1 aromatic carbocycles. The Balaban J connectivity index is 2.56. The smallest absolute Gasteiger partial charge is 0.131 e. The van der Waals surface area contributed by atoms with Crippen LogP contribution in [0.5, 0.6) is 0 Å². The molecular formula is C14H17Cl2N3. The van der Waals surface area contributed by atoms with E-state index >= 15 is 0 Å². The molecule has 0 unspecified atom stereocenters. The van der Waals surface area contributed by atoms with Crippen molar-refractivity contribution in [1.82, 2.24) is 9.55 Å². The lowest BCUT2D eigenvalue weighted by atomic mass is 10.1. The lowest BCUT2D eigenvalue weighted by molar-refractivity contribution is 0.650. The summed E-state index contributed by atoms with van der Waals surface area (Å²) < 4.78 is 2.06. The number of benzene rings is 1. The quantitative estimate of drug-likeness (QED) is 0.908. The summed E-state index contributed by atoms with van der Waals surface area (Å²) in [6.45, 7) is 5.06. The van der Waals surface area contributed by atoms with E-state index in [-0.39, 0.29) is 0 Å². The van der Waals surface area contributed by atoms with Gasteiger partial charge in [-0.15, -0.1) is 0 Å². The van der Waals surface area contributed by atoms with Gasteiger partial charge in [-0.2, -0.15) is 0 Å². The van der Waals surface area contributed by atoms with Gasteiger partial charge in [0.05, 0.1) is 0 Å². The van der Waals surface area contributed by atoms with Crippen LogP contribution in [0.1, 0.15) is 26.1 Å². The van der Waals surface area contributed by atoms with E-state index in [0.717, 1.165) is 36.5 Å². The third-order valence-electron chi connectivity index (χ3n) is 2.99. The Morgan fingerprint density at radius 2 is 1.79 bits per heavy atom. The predicted molar refractivity (Wildman–Crippen MR) is 81.8 cm³/mol. The SMILES string of the molecule is CCCn1c(CC)nc(-c2cc(Cl)cc(Cl)c2)c1N. The Hall–Kier alpha value is -1.19. The number of nitrogens with two attached hydrogens (primary N) is 1. The zero-order valence-corrected chi connectivity index (χ0v) is 12.6. The molecule has 0 saturated heterocycles. The van der Waals surface area contributed by atoms with Gasteiger partial charge in [0.1, 0.15) is 17.3 Å². The molecule has 2 N–H and O–H groups in total. The lowest BCUT2D eigenvalue weighted by Gasteiger charge is -2.07. The molecule has 5 heteroatoms. The van der Waals surface area contributed by atoms with Crippen LogP contribution in [0.4, 0.5) is 5.82 Å². The van der Waals surface area contributed by atoms with E-state index in [9.17, 15) is 0 Å². The van der Waals surface area contributed by atoms with Crippen molar-refractivity contribution in [3.05, 3.63) is 34.1 Å². The van der Waals surface area contributed by atoms with Gasteiger partial charge in [-0.25, -0.2) is 4.98 Å². The second-order valence-electron chi connectivity index (χ2n) is 4.43. The average Bonchev–Trinajstić information content (AvgIpc) is 2.66. The number of anilines is 1. The fourth-order valence-electron chi connectivity index (χ4n) is 2.16. The monoisotopic (exact) mass is 297 g/mol. The zero-order valence-electron chi connectivity index (χ0n) is 11.1. The molecule has 102 valence electrons. The fourth-order valence-corrected chi connectivity index (χ4v) is 2.69. The Morgan fingerprint density at radius 3 is 2.32 bits per heavy atom. The maximum absolute atomic E-state index is 6.21. The van der Waals surface area contributed by atoms with E-state index in [4.69, 9.17) is 28.9 Å². The second-order valence-corrected chi connectivity index (χ2v) is 5.30. The topological polar surface area (TPSA) is 43.8 Å². The molecule has 0 fully saturated rings. The van der Waals surface area contributed by atoms with Crippen LogP contribution >= 0.6 is 23.2 Å². The molecule has 0 radical (unpaired) electrons. The molecule has 2 rings (SSSR count). The van der Waals surface area contributed by atoms with Crippen LogP contribution in [0.25, 0.3) is 11.3 Å². The molecule has 2 aromatic rings. The second kappa shape index (κ2) is 5.85. The van der Waals surface area contributed by atoms with Gasteiger partial charge in [0.2, 0.25) is 0 Å². The molecule has 0 aliphatic carbocycles. The molecule has 0 aliphatic rings. The largest absolute Gasteiger partial charge is 0.383 e. The lowest BCUT2D eigenvalue weighted by Crippen LogP contribution is -2.06.